The summed E-state index contributed by atoms with van der Waals surface area (Å²) < 4.78 is 70.5. The van der Waals surface area contributed by atoms with Crippen molar-refractivity contribution in [1.29, 1.82) is 0 Å². The molecule has 0 bridgehead atoms. The SMILES string of the molecule is COc1cc(C2=C(c3cc(OC)c(OC)c(OC)c3)[N+](c3nc(-c4cc(OC)c(OC)c(OC)c4)c(-c4cc(OC)c(OC)c(OC)c4)[nH]3)(c3ccccc3Cl)C(c3ccccc3Cl)=N2)cc(OC)c1OC. The Kier molecular flexibility index (Phi) is 14.9. The van der Waals surface area contributed by atoms with Gasteiger partial charge in [-0.2, -0.15) is 9.98 Å². The second-order valence-electron chi connectivity index (χ2n) is 15.7. The fraction of sp³-hybridized carbons (Fsp3) is 0.222. The number of para-hydroxylation sites is 1. The summed E-state index contributed by atoms with van der Waals surface area (Å²) in [5.41, 5.74) is 5.10. The molecular weight excluding hydrogens is 968 g/mol. The van der Waals surface area contributed by atoms with Gasteiger partial charge < -0.3 is 56.8 Å². The molecular formula is C54H53Cl2N4O12+. The lowest BCUT2D eigenvalue weighted by molar-refractivity contribution is 0.324. The van der Waals surface area contributed by atoms with Gasteiger partial charge in [-0.25, -0.2) is 0 Å². The number of amidine groups is 1. The van der Waals surface area contributed by atoms with Crippen LogP contribution in [0.3, 0.4) is 0 Å². The zero-order valence-electron chi connectivity index (χ0n) is 41.7. The van der Waals surface area contributed by atoms with E-state index in [1.54, 1.807) is 76.1 Å². The van der Waals surface area contributed by atoms with E-state index in [9.17, 15) is 0 Å². The van der Waals surface area contributed by atoms with Gasteiger partial charge in [-0.15, -0.1) is 4.48 Å². The maximum absolute atomic E-state index is 7.60. The van der Waals surface area contributed by atoms with Crippen LogP contribution in [0.25, 0.3) is 33.9 Å². The van der Waals surface area contributed by atoms with Gasteiger partial charge in [0, 0.05) is 28.3 Å². The van der Waals surface area contributed by atoms with Crippen molar-refractivity contribution >= 4 is 52.1 Å². The van der Waals surface area contributed by atoms with Crippen molar-refractivity contribution in [3.05, 3.63) is 124 Å². The first-order valence-corrected chi connectivity index (χ1v) is 22.8. The van der Waals surface area contributed by atoms with E-state index in [2.05, 4.69) is 4.98 Å². The minimum atomic E-state index is -0.462. The van der Waals surface area contributed by atoms with Crippen LogP contribution in [0.2, 0.25) is 10.0 Å². The van der Waals surface area contributed by atoms with E-state index in [0.29, 0.717) is 141 Å². The highest BCUT2D eigenvalue weighted by Crippen LogP contribution is 2.58. The first kappa shape index (κ1) is 50.5. The van der Waals surface area contributed by atoms with E-state index in [4.69, 9.17) is 90.0 Å². The molecule has 0 amide bonds. The molecule has 16 nitrogen and oxygen atoms in total. The van der Waals surface area contributed by atoms with Crippen molar-refractivity contribution in [3.63, 3.8) is 0 Å². The van der Waals surface area contributed by atoms with E-state index < -0.39 is 4.48 Å². The summed E-state index contributed by atoms with van der Waals surface area (Å²) in [4.78, 5) is 15.2. The van der Waals surface area contributed by atoms with Gasteiger partial charge in [-0.1, -0.05) is 47.5 Å². The summed E-state index contributed by atoms with van der Waals surface area (Å²) in [6, 6.07) is 29.4. The van der Waals surface area contributed by atoms with E-state index in [1.165, 1.54) is 21.3 Å². The lowest BCUT2D eigenvalue weighted by Crippen LogP contribution is -2.47. The molecule has 18 heteroatoms. The molecule has 1 aliphatic heterocycles. The van der Waals surface area contributed by atoms with Crippen molar-refractivity contribution < 1.29 is 56.8 Å². The van der Waals surface area contributed by atoms with Crippen LogP contribution in [0.1, 0.15) is 16.7 Å². The zero-order valence-corrected chi connectivity index (χ0v) is 43.2. The second-order valence-corrected chi connectivity index (χ2v) is 16.5. The number of hydrogen-bond acceptors (Lipinski definition) is 14. The summed E-state index contributed by atoms with van der Waals surface area (Å²) in [7, 11) is 18.5. The van der Waals surface area contributed by atoms with Gasteiger partial charge >= 0.3 is 5.95 Å². The predicted octanol–water partition coefficient (Wildman–Crippen LogP) is 11.8. The molecule has 0 saturated heterocycles. The van der Waals surface area contributed by atoms with Crippen LogP contribution in [0.5, 0.6) is 69.0 Å². The molecule has 7 aromatic rings. The molecule has 0 saturated carbocycles. The Morgan fingerprint density at radius 1 is 0.417 bits per heavy atom. The van der Waals surface area contributed by atoms with Crippen molar-refractivity contribution in [2.75, 3.05) is 85.3 Å². The summed E-state index contributed by atoms with van der Waals surface area (Å²) in [6.07, 6.45) is 0. The number of halogens is 2. The van der Waals surface area contributed by atoms with E-state index in [0.717, 1.165) is 0 Å². The number of hydrogen-bond donors (Lipinski definition) is 1. The maximum Gasteiger partial charge on any atom is 0.324 e. The van der Waals surface area contributed by atoms with Gasteiger partial charge in [0.1, 0.15) is 16.4 Å². The summed E-state index contributed by atoms with van der Waals surface area (Å²) >= 11 is 15.0. The minimum Gasteiger partial charge on any atom is -0.493 e. The van der Waals surface area contributed by atoms with Crippen molar-refractivity contribution in [2.24, 2.45) is 4.99 Å². The van der Waals surface area contributed by atoms with Crippen LogP contribution >= 0.6 is 23.2 Å². The summed E-state index contributed by atoms with van der Waals surface area (Å²) in [6.45, 7) is 0. The molecule has 0 fully saturated rings. The third-order valence-electron chi connectivity index (χ3n) is 12.2. The van der Waals surface area contributed by atoms with Crippen molar-refractivity contribution in [2.45, 2.75) is 0 Å². The summed E-state index contributed by atoms with van der Waals surface area (Å²) in [5.74, 6) is 5.11. The molecule has 1 aliphatic rings. The highest BCUT2D eigenvalue weighted by atomic mass is 35.5. The molecule has 0 radical (unpaired) electrons. The number of ether oxygens (including phenoxy) is 12. The van der Waals surface area contributed by atoms with Crippen LogP contribution in [0.15, 0.2) is 102 Å². The average Bonchev–Trinajstić information content (AvgIpc) is 4.03. The highest BCUT2D eigenvalue weighted by molar-refractivity contribution is 6.39. The number of methoxy groups -OCH3 is 12. The fourth-order valence-corrected chi connectivity index (χ4v) is 9.49. The predicted molar refractivity (Wildman–Crippen MR) is 279 cm³/mol. The van der Waals surface area contributed by atoms with Crippen LogP contribution in [0.4, 0.5) is 11.6 Å². The Morgan fingerprint density at radius 2 is 0.792 bits per heavy atom. The molecule has 0 spiro atoms. The zero-order chi connectivity index (χ0) is 51.4. The number of nitrogens with zero attached hydrogens (tertiary/aromatic N) is 3. The molecule has 1 unspecified atom stereocenters. The third-order valence-corrected chi connectivity index (χ3v) is 12.8. The average molecular weight is 1020 g/mol. The molecule has 1 atom stereocenters. The number of rotatable bonds is 19. The highest BCUT2D eigenvalue weighted by Gasteiger charge is 2.56. The third kappa shape index (κ3) is 8.40. The largest absolute Gasteiger partial charge is 0.493 e. The lowest BCUT2D eigenvalue weighted by Gasteiger charge is -2.34. The normalized spacial score (nSPS) is 14.1. The molecule has 374 valence electrons. The van der Waals surface area contributed by atoms with Crippen LogP contribution in [-0.4, -0.2) is 101 Å². The molecule has 2 heterocycles. The minimum absolute atomic E-state index is 0.278. The van der Waals surface area contributed by atoms with Gasteiger partial charge in [0.2, 0.25) is 23.0 Å². The first-order chi connectivity index (χ1) is 35.0. The Hall–Kier alpha value is -7.92. The van der Waals surface area contributed by atoms with E-state index in [1.807, 2.05) is 84.9 Å². The first-order valence-electron chi connectivity index (χ1n) is 22.0. The number of nitrogens with one attached hydrogen (secondary N) is 1. The van der Waals surface area contributed by atoms with Crippen molar-refractivity contribution in [1.82, 2.24) is 14.5 Å². The number of benzene rings is 6. The quantitative estimate of drug-likeness (QED) is 0.0766. The smallest absolute Gasteiger partial charge is 0.324 e. The van der Waals surface area contributed by atoms with Crippen LogP contribution in [-0.2, 0) is 0 Å². The number of aromatic nitrogens is 2. The standard InChI is InChI=1S/C54H53Cl2N4O12/c1-61-37-21-29(22-38(62-2)49(37)69-9)45-46(30-23-39(63-3)50(70-10)40(24-30)64-4)59-54(58-45)60(36-20-16-15-19-35(36)56)48(32-27-43(67-7)52(72-12)44(28-32)68-8)47(57-53(60)33-17-13-14-18-34(33)55)31-25-41(65-5)51(71-11)42(26-31)66-6/h13-28H,1-12H3,(H,58,59)/q+1. The number of aromatic amines is 1. The van der Waals surface area contributed by atoms with Gasteiger partial charge in [0.05, 0.1) is 102 Å². The maximum atomic E-state index is 7.60. The van der Waals surface area contributed by atoms with E-state index in [-0.39, 0.29) is 5.95 Å². The summed E-state index contributed by atoms with van der Waals surface area (Å²) in [5, 5.41) is 0.718. The Bertz CT molecular complexity index is 3060. The van der Waals surface area contributed by atoms with Gasteiger partial charge in [0.15, 0.2) is 57.4 Å². The fourth-order valence-electron chi connectivity index (χ4n) is 9.01. The van der Waals surface area contributed by atoms with E-state index >= 15 is 0 Å². The van der Waals surface area contributed by atoms with Crippen LogP contribution in [0, 0.1) is 0 Å². The topological polar surface area (TPSA) is 152 Å². The Labute approximate surface area is 427 Å². The lowest BCUT2D eigenvalue weighted by atomic mass is 9.99. The number of aliphatic imine (C=N–C) groups is 1. The molecule has 72 heavy (non-hydrogen) atoms. The monoisotopic (exact) mass is 1020 g/mol. The molecule has 6 aromatic carbocycles. The van der Waals surface area contributed by atoms with Gasteiger partial charge in [-0.05, 0) is 66.7 Å². The second kappa shape index (κ2) is 21.2. The Morgan fingerprint density at radius 3 is 1.19 bits per heavy atom. The molecule has 1 N–H and O–H groups in total. The van der Waals surface area contributed by atoms with Crippen LogP contribution < -0.4 is 61.3 Å². The van der Waals surface area contributed by atoms with Gasteiger partial charge in [-0.3, -0.25) is 4.98 Å². The molecule has 8 rings (SSSR count). The van der Waals surface area contributed by atoms with Crippen molar-refractivity contribution in [3.8, 4) is 91.5 Å². The number of imidazole rings is 1. The number of quaternary nitrogens is 1. The molecule has 1 aromatic heterocycles. The Balaban J connectivity index is 1.67. The number of H-pyrrole nitrogens is 1. The molecule has 0 aliphatic carbocycles. The van der Waals surface area contributed by atoms with Gasteiger partial charge in [0.25, 0.3) is 5.84 Å².